The first-order chi connectivity index (χ1) is 15.7. The maximum absolute atomic E-state index is 12.3. The number of carbonyl (C=O) groups is 1. The predicted octanol–water partition coefficient (Wildman–Crippen LogP) is 3.95. The topological polar surface area (TPSA) is 78.9 Å². The monoisotopic (exact) mass is 455 g/mol. The minimum Gasteiger partial charge on any atom is -0.381 e. The Morgan fingerprint density at radius 2 is 1.94 bits per heavy atom. The van der Waals surface area contributed by atoms with Gasteiger partial charge >= 0.3 is 0 Å². The molecule has 1 amide bonds. The minimum atomic E-state index is -0.296. The third-order valence-electron chi connectivity index (χ3n) is 6.02. The summed E-state index contributed by atoms with van der Waals surface area (Å²) in [4.78, 5) is 19.0. The second-order valence-electron chi connectivity index (χ2n) is 8.39. The van der Waals surface area contributed by atoms with Crippen LogP contribution in [0.4, 0.5) is 5.69 Å². The number of halogens is 1. The van der Waals surface area contributed by atoms with Crippen molar-refractivity contribution in [3.8, 4) is 0 Å². The highest BCUT2D eigenvalue weighted by molar-refractivity contribution is 6.31. The van der Waals surface area contributed by atoms with E-state index in [0.717, 1.165) is 74.8 Å². The van der Waals surface area contributed by atoms with Gasteiger partial charge in [-0.3, -0.25) is 9.69 Å². The van der Waals surface area contributed by atoms with Crippen molar-refractivity contribution in [2.24, 2.45) is 11.0 Å². The van der Waals surface area contributed by atoms with E-state index in [1.807, 2.05) is 30.5 Å². The molecule has 0 bridgehead atoms. The van der Waals surface area contributed by atoms with E-state index in [-0.39, 0.29) is 5.91 Å². The summed E-state index contributed by atoms with van der Waals surface area (Å²) in [7, 11) is 0. The number of anilines is 1. The van der Waals surface area contributed by atoms with E-state index in [0.29, 0.717) is 17.7 Å². The summed E-state index contributed by atoms with van der Waals surface area (Å²) in [5, 5.41) is 8.44. The molecule has 170 valence electrons. The van der Waals surface area contributed by atoms with Gasteiger partial charge in [0, 0.05) is 37.0 Å². The molecule has 1 aromatic heterocycles. The Kier molecular flexibility index (Phi) is 8.09. The van der Waals surface area contributed by atoms with Gasteiger partial charge in [-0.1, -0.05) is 29.8 Å². The van der Waals surface area contributed by atoms with Crippen LogP contribution in [0, 0.1) is 5.92 Å². The van der Waals surface area contributed by atoms with E-state index >= 15 is 0 Å². The van der Waals surface area contributed by atoms with Crippen LogP contribution in [0.15, 0.2) is 47.7 Å². The Bertz CT molecular complexity index is 907. The molecule has 0 aliphatic carbocycles. The SMILES string of the molecule is O=C(NN=CC1CCN(Cc2ccccc2Cl)CC1)c1ccc(NC2CCOCC2)cn1. The zero-order valence-electron chi connectivity index (χ0n) is 18.2. The fourth-order valence-electron chi connectivity index (χ4n) is 4.08. The molecule has 0 radical (unpaired) electrons. The van der Waals surface area contributed by atoms with Crippen molar-refractivity contribution < 1.29 is 9.53 Å². The van der Waals surface area contributed by atoms with Gasteiger partial charge in [-0.15, -0.1) is 0 Å². The van der Waals surface area contributed by atoms with E-state index in [9.17, 15) is 4.79 Å². The molecule has 0 saturated carbocycles. The molecule has 2 saturated heterocycles. The second-order valence-corrected chi connectivity index (χ2v) is 8.79. The van der Waals surface area contributed by atoms with Gasteiger partial charge in [0.25, 0.3) is 5.91 Å². The second kappa shape index (κ2) is 11.4. The van der Waals surface area contributed by atoms with E-state index in [1.54, 1.807) is 12.3 Å². The lowest BCUT2D eigenvalue weighted by molar-refractivity contribution is 0.0904. The summed E-state index contributed by atoms with van der Waals surface area (Å²) in [5.41, 5.74) is 5.04. The van der Waals surface area contributed by atoms with Crippen molar-refractivity contribution in [3.05, 3.63) is 58.9 Å². The summed E-state index contributed by atoms with van der Waals surface area (Å²) in [6, 6.07) is 12.0. The minimum absolute atomic E-state index is 0.296. The number of hydrogen-bond acceptors (Lipinski definition) is 6. The molecule has 32 heavy (non-hydrogen) atoms. The molecule has 2 aromatic rings. The maximum atomic E-state index is 12.3. The van der Waals surface area contributed by atoms with Crippen LogP contribution in [-0.2, 0) is 11.3 Å². The van der Waals surface area contributed by atoms with Gasteiger partial charge in [-0.05, 0) is 68.5 Å². The first-order valence-corrected chi connectivity index (χ1v) is 11.6. The molecule has 1 aromatic carbocycles. The predicted molar refractivity (Wildman–Crippen MR) is 127 cm³/mol. The van der Waals surface area contributed by atoms with E-state index < -0.39 is 0 Å². The van der Waals surface area contributed by atoms with Gasteiger partial charge in [-0.25, -0.2) is 10.4 Å². The van der Waals surface area contributed by atoms with Crippen LogP contribution in [0.5, 0.6) is 0 Å². The highest BCUT2D eigenvalue weighted by Gasteiger charge is 2.19. The third kappa shape index (κ3) is 6.51. The average Bonchev–Trinajstić information content (AvgIpc) is 2.83. The number of rotatable bonds is 7. The van der Waals surface area contributed by atoms with Crippen molar-refractivity contribution in [2.45, 2.75) is 38.3 Å². The molecule has 4 rings (SSSR count). The van der Waals surface area contributed by atoms with Crippen LogP contribution >= 0.6 is 11.6 Å². The normalized spacial score (nSPS) is 18.7. The number of hydrazone groups is 1. The van der Waals surface area contributed by atoms with Crippen LogP contribution in [0.2, 0.25) is 5.02 Å². The summed E-state index contributed by atoms with van der Waals surface area (Å²) in [6.07, 6.45) is 7.53. The average molecular weight is 456 g/mol. The number of likely N-dealkylation sites (tertiary alicyclic amines) is 1. The number of amides is 1. The Labute approximate surface area is 194 Å². The van der Waals surface area contributed by atoms with Gasteiger partial charge in [0.05, 0.1) is 11.9 Å². The molecule has 0 spiro atoms. The molecular formula is C24H30ClN5O2. The third-order valence-corrected chi connectivity index (χ3v) is 6.39. The lowest BCUT2D eigenvalue weighted by Crippen LogP contribution is -2.34. The van der Waals surface area contributed by atoms with Crippen molar-refractivity contribution in [2.75, 3.05) is 31.6 Å². The molecule has 0 unspecified atom stereocenters. The molecule has 7 nitrogen and oxygen atoms in total. The Morgan fingerprint density at radius 3 is 2.66 bits per heavy atom. The van der Waals surface area contributed by atoms with Gasteiger partial charge < -0.3 is 10.1 Å². The lowest BCUT2D eigenvalue weighted by Gasteiger charge is -2.30. The molecule has 2 N–H and O–H groups in total. The molecular weight excluding hydrogens is 426 g/mol. The van der Waals surface area contributed by atoms with Gasteiger partial charge in [0.15, 0.2) is 0 Å². The van der Waals surface area contributed by atoms with Crippen LogP contribution < -0.4 is 10.7 Å². The van der Waals surface area contributed by atoms with Crippen molar-refractivity contribution in [1.29, 1.82) is 0 Å². The van der Waals surface area contributed by atoms with Gasteiger partial charge in [0.1, 0.15) is 5.69 Å². The summed E-state index contributed by atoms with van der Waals surface area (Å²) >= 11 is 6.27. The highest BCUT2D eigenvalue weighted by atomic mass is 35.5. The molecule has 0 atom stereocenters. The lowest BCUT2D eigenvalue weighted by atomic mass is 9.98. The number of piperidine rings is 1. The van der Waals surface area contributed by atoms with Crippen molar-refractivity contribution >= 4 is 29.4 Å². The first kappa shape index (κ1) is 22.7. The molecule has 8 heteroatoms. The van der Waals surface area contributed by atoms with Crippen LogP contribution in [-0.4, -0.2) is 54.4 Å². The molecule has 2 aliphatic rings. The zero-order valence-corrected chi connectivity index (χ0v) is 18.9. The largest absolute Gasteiger partial charge is 0.381 e. The summed E-state index contributed by atoms with van der Waals surface area (Å²) in [6.45, 7) is 4.40. The molecule has 3 heterocycles. The number of ether oxygens (including phenoxy) is 1. The fourth-order valence-corrected chi connectivity index (χ4v) is 4.27. The Hall–Kier alpha value is -2.48. The first-order valence-electron chi connectivity index (χ1n) is 11.3. The number of nitrogens with one attached hydrogen (secondary N) is 2. The van der Waals surface area contributed by atoms with Gasteiger partial charge in [-0.2, -0.15) is 5.10 Å². The highest BCUT2D eigenvalue weighted by Crippen LogP contribution is 2.21. The quantitative estimate of drug-likeness (QED) is 0.488. The van der Waals surface area contributed by atoms with E-state index in [4.69, 9.17) is 16.3 Å². The standard InChI is InChI=1S/C24H30ClN5O2/c25-22-4-2-1-3-19(22)17-30-11-7-18(8-12-30)15-27-29-24(31)23-6-5-21(16-26-23)28-20-9-13-32-14-10-20/h1-6,15-16,18,20,28H,7-14,17H2,(H,29,31). The number of carbonyl (C=O) groups excluding carboxylic acids is 1. The molecule has 2 aliphatic heterocycles. The van der Waals surface area contributed by atoms with Gasteiger partial charge in [0.2, 0.25) is 0 Å². The Balaban J connectivity index is 1.19. The van der Waals surface area contributed by atoms with E-state index in [2.05, 4.69) is 31.8 Å². The zero-order chi connectivity index (χ0) is 22.2. The number of hydrogen-bond donors (Lipinski definition) is 2. The summed E-state index contributed by atoms with van der Waals surface area (Å²) < 4.78 is 5.37. The van der Waals surface area contributed by atoms with Crippen molar-refractivity contribution in [1.82, 2.24) is 15.3 Å². The maximum Gasteiger partial charge on any atom is 0.289 e. The van der Waals surface area contributed by atoms with Crippen LogP contribution in [0.3, 0.4) is 0 Å². The number of nitrogens with zero attached hydrogens (tertiary/aromatic N) is 3. The number of pyridine rings is 1. The van der Waals surface area contributed by atoms with Crippen LogP contribution in [0.1, 0.15) is 41.7 Å². The number of aromatic nitrogens is 1. The smallest absolute Gasteiger partial charge is 0.289 e. The van der Waals surface area contributed by atoms with Crippen LogP contribution in [0.25, 0.3) is 0 Å². The number of benzene rings is 1. The Morgan fingerprint density at radius 1 is 1.16 bits per heavy atom. The fraction of sp³-hybridized carbons (Fsp3) is 0.458. The molecule has 2 fully saturated rings. The van der Waals surface area contributed by atoms with E-state index in [1.165, 1.54) is 0 Å². The van der Waals surface area contributed by atoms with Crippen molar-refractivity contribution in [3.63, 3.8) is 0 Å². The summed E-state index contributed by atoms with van der Waals surface area (Å²) in [5.74, 6) is 0.0619.